The molecule has 1 N–H and O–H groups in total. The van der Waals surface area contributed by atoms with Gasteiger partial charge in [0.2, 0.25) is 5.91 Å². The molecule has 0 radical (unpaired) electrons. The molecular weight excluding hydrogens is 381 g/mol. The molecule has 0 aliphatic carbocycles. The molecule has 132 valence electrons. The monoisotopic (exact) mass is 397 g/mol. The lowest BCUT2D eigenvalue weighted by atomic mass is 10.2. The summed E-state index contributed by atoms with van der Waals surface area (Å²) in [5.41, 5.74) is 0.505. The first-order valence-corrected chi connectivity index (χ1v) is 9.46. The van der Waals surface area contributed by atoms with E-state index in [9.17, 15) is 9.59 Å². The normalized spacial score (nSPS) is 15.2. The lowest BCUT2D eigenvalue weighted by Crippen LogP contribution is -2.50. The maximum absolute atomic E-state index is 12.3. The Morgan fingerprint density at radius 2 is 1.88 bits per heavy atom. The van der Waals surface area contributed by atoms with Crippen molar-refractivity contribution in [1.29, 1.82) is 0 Å². The van der Waals surface area contributed by atoms with Crippen LogP contribution < -0.4 is 5.32 Å². The lowest BCUT2D eigenvalue weighted by Gasteiger charge is -2.34. The van der Waals surface area contributed by atoms with E-state index in [0.29, 0.717) is 41.9 Å². The fraction of sp³-hybridized carbons (Fsp3) is 0.294. The topological polar surface area (TPSA) is 52.7 Å². The molecule has 2 amide bonds. The zero-order chi connectivity index (χ0) is 17.8. The number of carbonyl (C=O) groups is 2. The minimum atomic E-state index is -0.151. The number of carbonyl (C=O) groups excluding carboxylic acids is 2. The van der Waals surface area contributed by atoms with Crippen LogP contribution in [0.5, 0.6) is 0 Å². The smallest absolute Gasteiger partial charge is 0.264 e. The number of halogens is 2. The maximum atomic E-state index is 12.3. The number of hydrogen-bond donors (Lipinski definition) is 1. The Morgan fingerprint density at radius 3 is 2.56 bits per heavy atom. The van der Waals surface area contributed by atoms with Gasteiger partial charge in [0, 0.05) is 31.2 Å². The molecule has 25 heavy (non-hydrogen) atoms. The van der Waals surface area contributed by atoms with Gasteiger partial charge in [-0.2, -0.15) is 0 Å². The number of amides is 2. The van der Waals surface area contributed by atoms with Gasteiger partial charge in [0.05, 0.1) is 22.1 Å². The number of thiophene rings is 1. The van der Waals surface area contributed by atoms with Gasteiger partial charge in [-0.05, 0) is 29.6 Å². The van der Waals surface area contributed by atoms with Gasteiger partial charge in [-0.3, -0.25) is 14.5 Å². The second-order valence-electron chi connectivity index (χ2n) is 5.72. The molecule has 0 saturated carbocycles. The highest BCUT2D eigenvalue weighted by atomic mass is 35.5. The van der Waals surface area contributed by atoms with Crippen LogP contribution in [0.3, 0.4) is 0 Å². The molecule has 2 heterocycles. The minimum Gasteiger partial charge on any atom is -0.335 e. The van der Waals surface area contributed by atoms with Crippen molar-refractivity contribution >= 4 is 52.0 Å². The third-order valence-electron chi connectivity index (χ3n) is 3.96. The predicted octanol–water partition coefficient (Wildman–Crippen LogP) is 3.45. The third kappa shape index (κ3) is 4.73. The summed E-state index contributed by atoms with van der Waals surface area (Å²) in [7, 11) is 0. The van der Waals surface area contributed by atoms with Crippen molar-refractivity contribution in [3.05, 3.63) is 50.6 Å². The van der Waals surface area contributed by atoms with Crippen molar-refractivity contribution in [2.24, 2.45) is 0 Å². The van der Waals surface area contributed by atoms with Gasteiger partial charge in [-0.25, -0.2) is 0 Å². The van der Waals surface area contributed by atoms with E-state index in [4.69, 9.17) is 23.2 Å². The summed E-state index contributed by atoms with van der Waals surface area (Å²) in [5, 5.41) is 5.64. The number of benzene rings is 1. The van der Waals surface area contributed by atoms with Crippen molar-refractivity contribution in [1.82, 2.24) is 9.80 Å². The van der Waals surface area contributed by atoms with Crippen LogP contribution in [0.1, 0.15) is 9.67 Å². The summed E-state index contributed by atoms with van der Waals surface area (Å²) in [6.07, 6.45) is 0. The predicted molar refractivity (Wildman–Crippen MR) is 102 cm³/mol. The van der Waals surface area contributed by atoms with E-state index in [1.165, 1.54) is 11.3 Å². The van der Waals surface area contributed by atoms with Gasteiger partial charge < -0.3 is 10.2 Å². The van der Waals surface area contributed by atoms with Crippen molar-refractivity contribution < 1.29 is 9.59 Å². The van der Waals surface area contributed by atoms with Crippen LogP contribution in [0.15, 0.2) is 35.7 Å². The molecule has 1 saturated heterocycles. The van der Waals surface area contributed by atoms with Crippen LogP contribution in [0.2, 0.25) is 10.0 Å². The van der Waals surface area contributed by atoms with Crippen LogP contribution in [0, 0.1) is 0 Å². The van der Waals surface area contributed by atoms with E-state index < -0.39 is 0 Å². The number of rotatable bonds is 4. The molecule has 1 aliphatic rings. The van der Waals surface area contributed by atoms with Crippen molar-refractivity contribution in [3.8, 4) is 0 Å². The first-order valence-electron chi connectivity index (χ1n) is 7.83. The number of piperazine rings is 1. The molecule has 3 rings (SSSR count). The summed E-state index contributed by atoms with van der Waals surface area (Å²) in [5.74, 6) is -0.0907. The van der Waals surface area contributed by atoms with Crippen LogP contribution in [-0.2, 0) is 4.79 Å². The molecule has 1 fully saturated rings. The molecule has 1 aromatic carbocycles. The molecule has 8 heteroatoms. The molecule has 0 unspecified atom stereocenters. The quantitative estimate of drug-likeness (QED) is 0.859. The Kier molecular flexibility index (Phi) is 5.96. The summed E-state index contributed by atoms with van der Waals surface area (Å²) in [4.78, 5) is 29.1. The van der Waals surface area contributed by atoms with Gasteiger partial charge in [0.25, 0.3) is 5.91 Å². The molecule has 0 spiro atoms. The van der Waals surface area contributed by atoms with E-state index in [1.807, 2.05) is 27.3 Å². The zero-order valence-electron chi connectivity index (χ0n) is 13.4. The number of nitrogens with one attached hydrogen (secondary N) is 1. The Labute approximate surface area is 160 Å². The van der Waals surface area contributed by atoms with E-state index in [2.05, 4.69) is 5.32 Å². The average molecular weight is 398 g/mol. The van der Waals surface area contributed by atoms with Gasteiger partial charge in [-0.1, -0.05) is 29.3 Å². The van der Waals surface area contributed by atoms with Crippen LogP contribution in [0.4, 0.5) is 5.69 Å². The van der Waals surface area contributed by atoms with E-state index >= 15 is 0 Å². The SMILES string of the molecule is O=C(CN1CCN(C(=O)c2cccs2)CC1)Nc1cc(Cl)ccc1Cl. The first-order chi connectivity index (χ1) is 12.0. The molecule has 1 aliphatic heterocycles. The van der Waals surface area contributed by atoms with E-state index in [1.54, 1.807) is 18.2 Å². The Hall–Kier alpha value is -1.60. The standard InChI is InChI=1S/C17H17Cl2N3O2S/c18-12-3-4-13(19)14(10-12)20-16(23)11-21-5-7-22(8-6-21)17(24)15-2-1-9-25-15/h1-4,9-10H,5-8,11H2,(H,20,23). The maximum Gasteiger partial charge on any atom is 0.264 e. The van der Waals surface area contributed by atoms with Gasteiger partial charge in [0.15, 0.2) is 0 Å². The summed E-state index contributed by atoms with van der Waals surface area (Å²) in [6.45, 7) is 2.80. The Bertz CT molecular complexity index is 759. The van der Waals surface area contributed by atoms with Crippen molar-refractivity contribution in [3.63, 3.8) is 0 Å². The fourth-order valence-corrected chi connectivity index (χ4v) is 3.68. The molecular formula is C17H17Cl2N3O2S. The van der Waals surface area contributed by atoms with Crippen molar-refractivity contribution in [2.45, 2.75) is 0 Å². The highest BCUT2D eigenvalue weighted by Crippen LogP contribution is 2.25. The minimum absolute atomic E-state index is 0.0600. The largest absolute Gasteiger partial charge is 0.335 e. The highest BCUT2D eigenvalue weighted by Gasteiger charge is 2.23. The van der Waals surface area contributed by atoms with Crippen LogP contribution >= 0.6 is 34.5 Å². The molecule has 2 aromatic rings. The first kappa shape index (κ1) is 18.2. The molecule has 5 nitrogen and oxygen atoms in total. The van der Waals surface area contributed by atoms with Crippen molar-refractivity contribution in [2.75, 3.05) is 38.0 Å². The number of nitrogens with zero attached hydrogens (tertiary/aromatic N) is 2. The van der Waals surface area contributed by atoms with Gasteiger partial charge >= 0.3 is 0 Å². The van der Waals surface area contributed by atoms with Crippen LogP contribution in [0.25, 0.3) is 0 Å². The zero-order valence-corrected chi connectivity index (χ0v) is 15.7. The molecule has 1 aromatic heterocycles. The second-order valence-corrected chi connectivity index (χ2v) is 7.51. The number of anilines is 1. The lowest BCUT2D eigenvalue weighted by molar-refractivity contribution is -0.117. The summed E-state index contributed by atoms with van der Waals surface area (Å²) >= 11 is 13.4. The molecule has 0 atom stereocenters. The molecule has 0 bridgehead atoms. The summed E-state index contributed by atoms with van der Waals surface area (Å²) in [6, 6.07) is 8.65. The highest BCUT2D eigenvalue weighted by molar-refractivity contribution is 7.12. The summed E-state index contributed by atoms with van der Waals surface area (Å²) < 4.78 is 0. The Balaban J connectivity index is 1.49. The van der Waals surface area contributed by atoms with E-state index in [0.717, 1.165) is 4.88 Å². The Morgan fingerprint density at radius 1 is 1.12 bits per heavy atom. The fourth-order valence-electron chi connectivity index (χ4n) is 2.65. The van der Waals surface area contributed by atoms with Crippen LogP contribution in [-0.4, -0.2) is 54.3 Å². The second kappa shape index (κ2) is 8.19. The van der Waals surface area contributed by atoms with Gasteiger partial charge in [-0.15, -0.1) is 11.3 Å². The van der Waals surface area contributed by atoms with Gasteiger partial charge in [0.1, 0.15) is 0 Å². The average Bonchev–Trinajstić information content (AvgIpc) is 3.13. The van der Waals surface area contributed by atoms with E-state index in [-0.39, 0.29) is 18.4 Å². The number of hydrogen-bond acceptors (Lipinski definition) is 4. The third-order valence-corrected chi connectivity index (χ3v) is 5.38.